The second-order valence-electron chi connectivity index (χ2n) is 6.45. The maximum Gasteiger partial charge on any atom is 0.0596 e. The average Bonchev–Trinajstić information content (AvgIpc) is 3.24. The molecule has 0 radical (unpaired) electrons. The number of hydrogen-bond acceptors (Lipinski definition) is 3. The van der Waals surface area contributed by atoms with Gasteiger partial charge < -0.3 is 10.1 Å². The molecule has 0 heterocycles. The first-order valence-electron chi connectivity index (χ1n) is 8.25. The molecule has 1 fully saturated rings. The molecule has 1 saturated carbocycles. The molecule has 0 saturated heterocycles. The van der Waals surface area contributed by atoms with Crippen molar-refractivity contribution in [3.63, 3.8) is 0 Å². The molecule has 0 unspecified atom stereocenters. The highest BCUT2D eigenvalue weighted by molar-refractivity contribution is 5.22. The van der Waals surface area contributed by atoms with E-state index in [1.54, 1.807) is 0 Å². The van der Waals surface area contributed by atoms with Crippen LogP contribution in [0.2, 0.25) is 0 Å². The Balaban J connectivity index is 1.65. The van der Waals surface area contributed by atoms with Gasteiger partial charge >= 0.3 is 0 Å². The minimum atomic E-state index is 0.321. The molecular weight excluding hydrogens is 260 g/mol. The Morgan fingerprint density at radius 1 is 1.19 bits per heavy atom. The van der Waals surface area contributed by atoms with Crippen LogP contribution in [0.4, 0.5) is 0 Å². The monoisotopic (exact) mass is 290 g/mol. The van der Waals surface area contributed by atoms with Crippen molar-refractivity contribution in [2.75, 3.05) is 26.7 Å². The summed E-state index contributed by atoms with van der Waals surface area (Å²) in [7, 11) is 2.15. The van der Waals surface area contributed by atoms with Gasteiger partial charge in [0.2, 0.25) is 0 Å². The Morgan fingerprint density at radius 2 is 1.86 bits per heavy atom. The smallest absolute Gasteiger partial charge is 0.0596 e. The molecule has 1 N–H and O–H groups in total. The van der Waals surface area contributed by atoms with Crippen molar-refractivity contribution >= 4 is 0 Å². The summed E-state index contributed by atoms with van der Waals surface area (Å²) in [5.41, 5.74) is 2.80. The minimum Gasteiger partial charge on any atom is -0.377 e. The van der Waals surface area contributed by atoms with Gasteiger partial charge in [-0.1, -0.05) is 24.3 Å². The molecule has 1 aliphatic rings. The van der Waals surface area contributed by atoms with Crippen LogP contribution in [-0.2, 0) is 17.7 Å². The molecule has 21 heavy (non-hydrogen) atoms. The van der Waals surface area contributed by atoms with Gasteiger partial charge in [-0.25, -0.2) is 0 Å². The first-order valence-corrected chi connectivity index (χ1v) is 8.25. The van der Waals surface area contributed by atoms with Gasteiger partial charge in [0, 0.05) is 19.1 Å². The highest BCUT2D eigenvalue weighted by atomic mass is 16.5. The zero-order valence-corrected chi connectivity index (χ0v) is 13.8. The van der Waals surface area contributed by atoms with Crippen molar-refractivity contribution in [2.45, 2.75) is 51.8 Å². The van der Waals surface area contributed by atoms with Gasteiger partial charge in [0.1, 0.15) is 0 Å². The van der Waals surface area contributed by atoms with Crippen molar-refractivity contribution in [3.8, 4) is 0 Å². The summed E-state index contributed by atoms with van der Waals surface area (Å²) < 4.78 is 5.59. The van der Waals surface area contributed by atoms with E-state index in [1.807, 2.05) is 0 Å². The van der Waals surface area contributed by atoms with Crippen molar-refractivity contribution in [3.05, 3.63) is 35.4 Å². The normalized spacial score (nSPS) is 15.1. The van der Waals surface area contributed by atoms with Gasteiger partial charge in [0.05, 0.1) is 12.7 Å². The number of hydrogen-bond donors (Lipinski definition) is 1. The van der Waals surface area contributed by atoms with Crippen LogP contribution in [0, 0.1) is 0 Å². The number of benzene rings is 1. The van der Waals surface area contributed by atoms with E-state index in [2.05, 4.69) is 55.4 Å². The molecule has 0 atom stereocenters. The maximum absolute atomic E-state index is 5.59. The standard InChI is InChI=1S/C18H30N2O/c1-15(2)21-13-12-20(3)14-17-6-4-16(5-7-17)10-11-19-18-8-9-18/h4-7,15,18-19H,8-14H2,1-3H3. The van der Waals surface area contributed by atoms with Crippen molar-refractivity contribution in [1.82, 2.24) is 10.2 Å². The lowest BCUT2D eigenvalue weighted by atomic mass is 10.1. The van der Waals surface area contributed by atoms with Crippen LogP contribution in [0.25, 0.3) is 0 Å². The lowest BCUT2D eigenvalue weighted by Gasteiger charge is -2.18. The summed E-state index contributed by atoms with van der Waals surface area (Å²) in [5, 5.41) is 3.56. The summed E-state index contributed by atoms with van der Waals surface area (Å²) in [6.07, 6.45) is 4.19. The van der Waals surface area contributed by atoms with Crippen LogP contribution in [0.1, 0.15) is 37.8 Å². The van der Waals surface area contributed by atoms with Gasteiger partial charge in [0.25, 0.3) is 0 Å². The molecule has 0 bridgehead atoms. The van der Waals surface area contributed by atoms with Crippen LogP contribution in [0.3, 0.4) is 0 Å². The Morgan fingerprint density at radius 3 is 2.48 bits per heavy atom. The fourth-order valence-corrected chi connectivity index (χ4v) is 2.35. The number of rotatable bonds is 10. The maximum atomic E-state index is 5.59. The van der Waals surface area contributed by atoms with Gasteiger partial charge in [-0.15, -0.1) is 0 Å². The van der Waals surface area contributed by atoms with Crippen LogP contribution in [0.15, 0.2) is 24.3 Å². The molecule has 2 rings (SSSR count). The van der Waals surface area contributed by atoms with Gasteiger partial charge in [-0.2, -0.15) is 0 Å². The third-order valence-corrected chi connectivity index (χ3v) is 3.82. The van der Waals surface area contributed by atoms with Crippen LogP contribution in [-0.4, -0.2) is 43.8 Å². The van der Waals surface area contributed by atoms with Crippen molar-refractivity contribution in [2.24, 2.45) is 0 Å². The van der Waals surface area contributed by atoms with Crippen molar-refractivity contribution in [1.29, 1.82) is 0 Å². The average molecular weight is 290 g/mol. The van der Waals surface area contributed by atoms with Gasteiger partial charge in [-0.05, 0) is 57.8 Å². The zero-order valence-electron chi connectivity index (χ0n) is 13.8. The first kappa shape index (κ1) is 16.5. The molecule has 0 aromatic heterocycles. The van der Waals surface area contributed by atoms with E-state index in [0.717, 1.165) is 38.7 Å². The molecule has 1 aromatic rings. The second-order valence-corrected chi connectivity index (χ2v) is 6.45. The Kier molecular flexibility index (Phi) is 6.68. The second kappa shape index (κ2) is 8.52. The Labute approximate surface area is 129 Å². The fourth-order valence-electron chi connectivity index (χ4n) is 2.35. The van der Waals surface area contributed by atoms with Crippen LogP contribution >= 0.6 is 0 Å². The predicted molar refractivity (Wildman–Crippen MR) is 88.6 cm³/mol. The lowest BCUT2D eigenvalue weighted by Crippen LogP contribution is -2.24. The van der Waals surface area contributed by atoms with E-state index in [4.69, 9.17) is 4.74 Å². The van der Waals surface area contributed by atoms with E-state index in [-0.39, 0.29) is 0 Å². The van der Waals surface area contributed by atoms with Crippen LogP contribution in [0.5, 0.6) is 0 Å². The van der Waals surface area contributed by atoms with E-state index >= 15 is 0 Å². The molecule has 0 amide bonds. The number of likely N-dealkylation sites (N-methyl/N-ethyl adjacent to an activating group) is 1. The van der Waals surface area contributed by atoms with E-state index in [0.29, 0.717) is 6.10 Å². The number of nitrogens with zero attached hydrogens (tertiary/aromatic N) is 1. The Bertz CT molecular complexity index is 398. The van der Waals surface area contributed by atoms with Crippen molar-refractivity contribution < 1.29 is 4.74 Å². The summed E-state index contributed by atoms with van der Waals surface area (Å²) in [5.74, 6) is 0. The zero-order chi connectivity index (χ0) is 15.1. The SMILES string of the molecule is CC(C)OCCN(C)Cc1ccc(CCNC2CC2)cc1. The Hall–Kier alpha value is -0.900. The topological polar surface area (TPSA) is 24.5 Å². The summed E-state index contributed by atoms with van der Waals surface area (Å²) in [6.45, 7) is 8.04. The quantitative estimate of drug-likeness (QED) is 0.717. The third-order valence-electron chi connectivity index (χ3n) is 3.82. The third kappa shape index (κ3) is 7.07. The molecule has 3 heteroatoms. The predicted octanol–water partition coefficient (Wildman–Crippen LogP) is 2.84. The first-order chi connectivity index (χ1) is 10.1. The van der Waals surface area contributed by atoms with E-state index in [1.165, 1.54) is 24.0 Å². The van der Waals surface area contributed by atoms with E-state index in [9.17, 15) is 0 Å². The molecule has 118 valence electrons. The highest BCUT2D eigenvalue weighted by Gasteiger charge is 2.19. The molecule has 3 nitrogen and oxygen atoms in total. The van der Waals surface area contributed by atoms with Crippen LogP contribution < -0.4 is 5.32 Å². The number of ether oxygens (including phenoxy) is 1. The fraction of sp³-hybridized carbons (Fsp3) is 0.667. The minimum absolute atomic E-state index is 0.321. The molecular formula is C18H30N2O. The lowest BCUT2D eigenvalue weighted by molar-refractivity contribution is 0.0627. The molecule has 0 spiro atoms. The molecule has 1 aromatic carbocycles. The molecule has 1 aliphatic carbocycles. The summed E-state index contributed by atoms with van der Waals surface area (Å²) in [4.78, 5) is 2.31. The molecule has 0 aliphatic heterocycles. The largest absolute Gasteiger partial charge is 0.377 e. The summed E-state index contributed by atoms with van der Waals surface area (Å²) >= 11 is 0. The highest BCUT2D eigenvalue weighted by Crippen LogP contribution is 2.18. The summed E-state index contributed by atoms with van der Waals surface area (Å²) in [6, 6.07) is 9.86. The van der Waals surface area contributed by atoms with Gasteiger partial charge in [0.15, 0.2) is 0 Å². The number of nitrogens with one attached hydrogen (secondary N) is 1. The van der Waals surface area contributed by atoms with Gasteiger partial charge in [-0.3, -0.25) is 4.90 Å². The van der Waals surface area contributed by atoms with E-state index < -0.39 is 0 Å².